The number of carbonyl (C=O) groups excluding carboxylic acids is 1. The van der Waals surface area contributed by atoms with Gasteiger partial charge in [0.2, 0.25) is 0 Å². The van der Waals surface area contributed by atoms with Crippen LogP contribution >= 0.6 is 0 Å². The lowest BCUT2D eigenvalue weighted by Crippen LogP contribution is -2.43. The Labute approximate surface area is 212 Å². The van der Waals surface area contributed by atoms with E-state index in [9.17, 15) is 4.79 Å². The fourth-order valence-electron chi connectivity index (χ4n) is 6.60. The molecule has 0 bridgehead atoms. The number of nitrogens with zero attached hydrogens (tertiary/aromatic N) is 4. The molecule has 7 heteroatoms. The summed E-state index contributed by atoms with van der Waals surface area (Å²) < 4.78 is 6.28. The van der Waals surface area contributed by atoms with Crippen LogP contribution in [-0.4, -0.2) is 59.6 Å². The van der Waals surface area contributed by atoms with Crippen LogP contribution < -0.4 is 15.0 Å². The smallest absolute Gasteiger partial charge is 0.317 e. The Balaban J connectivity index is 1.34. The average Bonchev–Trinajstić information content (AvgIpc) is 3.50. The molecule has 188 valence electrons. The van der Waals surface area contributed by atoms with E-state index >= 15 is 0 Å². The van der Waals surface area contributed by atoms with Crippen LogP contribution in [0.25, 0.3) is 10.8 Å². The Bertz CT molecular complexity index is 1290. The van der Waals surface area contributed by atoms with E-state index in [4.69, 9.17) is 9.72 Å². The van der Waals surface area contributed by atoms with Crippen molar-refractivity contribution in [2.75, 3.05) is 38.2 Å². The molecule has 6 rings (SSSR count). The van der Waals surface area contributed by atoms with Crippen molar-refractivity contribution in [3.05, 3.63) is 58.9 Å². The molecule has 1 aromatic heterocycles. The van der Waals surface area contributed by atoms with Crippen molar-refractivity contribution in [3.63, 3.8) is 0 Å². The lowest BCUT2D eigenvalue weighted by Gasteiger charge is -2.33. The predicted octanol–water partition coefficient (Wildman–Crippen LogP) is 4.12. The molecule has 0 unspecified atom stereocenters. The molecular weight excluding hydrogens is 450 g/mol. The number of aryl methyl sites for hydroxylation is 1. The summed E-state index contributed by atoms with van der Waals surface area (Å²) in [6, 6.07) is 13.4. The van der Waals surface area contributed by atoms with Gasteiger partial charge in [0.25, 0.3) is 5.91 Å². The van der Waals surface area contributed by atoms with Crippen LogP contribution in [0.1, 0.15) is 59.9 Å². The molecule has 3 aromatic rings. The van der Waals surface area contributed by atoms with Crippen molar-refractivity contribution in [3.8, 4) is 6.01 Å². The number of amides is 1. The van der Waals surface area contributed by atoms with Gasteiger partial charge in [-0.25, -0.2) is 0 Å². The number of nitrogens with one attached hydrogen (secondary N) is 1. The van der Waals surface area contributed by atoms with E-state index in [2.05, 4.69) is 63.4 Å². The van der Waals surface area contributed by atoms with Crippen LogP contribution in [0.15, 0.2) is 36.4 Å². The monoisotopic (exact) mass is 485 g/mol. The number of hydrogen-bond acceptors (Lipinski definition) is 6. The Hall–Kier alpha value is -3.19. The largest absolute Gasteiger partial charge is 0.461 e. The molecule has 4 heterocycles. The van der Waals surface area contributed by atoms with Crippen LogP contribution in [0, 0.1) is 0 Å². The number of anilines is 1. The minimum atomic E-state index is -0.174. The first-order valence-corrected chi connectivity index (χ1v) is 13.4. The van der Waals surface area contributed by atoms with Gasteiger partial charge in [0.1, 0.15) is 12.3 Å². The number of fused-ring (bicyclic) bond motifs is 3. The Kier molecular flexibility index (Phi) is 6.04. The second-order valence-electron chi connectivity index (χ2n) is 10.4. The van der Waals surface area contributed by atoms with Gasteiger partial charge in [-0.05, 0) is 68.6 Å². The van der Waals surface area contributed by atoms with Crippen molar-refractivity contribution < 1.29 is 9.53 Å². The summed E-state index contributed by atoms with van der Waals surface area (Å²) in [5, 5.41) is 5.33. The first-order valence-electron chi connectivity index (χ1n) is 13.4. The number of aromatic nitrogens is 2. The average molecular weight is 486 g/mol. The van der Waals surface area contributed by atoms with Gasteiger partial charge in [0.05, 0.1) is 17.8 Å². The molecule has 0 radical (unpaired) electrons. The highest BCUT2D eigenvalue weighted by Gasteiger charge is 2.45. The molecule has 0 spiro atoms. The normalized spacial score (nSPS) is 18.8. The molecule has 2 saturated heterocycles. The minimum absolute atomic E-state index is 0.109. The molecule has 36 heavy (non-hydrogen) atoms. The molecule has 2 aromatic carbocycles. The molecule has 7 nitrogen and oxygen atoms in total. The molecule has 0 saturated carbocycles. The maximum atomic E-state index is 12.8. The summed E-state index contributed by atoms with van der Waals surface area (Å²) in [7, 11) is 1.66. The van der Waals surface area contributed by atoms with Crippen LogP contribution in [0.3, 0.4) is 0 Å². The van der Waals surface area contributed by atoms with E-state index in [1.54, 1.807) is 7.05 Å². The van der Waals surface area contributed by atoms with Gasteiger partial charge in [0.15, 0.2) is 0 Å². The zero-order valence-corrected chi connectivity index (χ0v) is 21.3. The third-order valence-corrected chi connectivity index (χ3v) is 8.46. The molecule has 1 N–H and O–H groups in total. The highest BCUT2D eigenvalue weighted by atomic mass is 16.5. The second-order valence-corrected chi connectivity index (χ2v) is 10.4. The number of hydrogen-bond donors (Lipinski definition) is 1. The zero-order chi connectivity index (χ0) is 24.7. The fourth-order valence-corrected chi connectivity index (χ4v) is 6.60. The van der Waals surface area contributed by atoms with Gasteiger partial charge in [-0.15, -0.1) is 0 Å². The van der Waals surface area contributed by atoms with Crippen molar-refractivity contribution in [2.24, 2.45) is 0 Å². The van der Waals surface area contributed by atoms with Crippen LogP contribution in [0.5, 0.6) is 6.01 Å². The maximum Gasteiger partial charge on any atom is 0.317 e. The molecular formula is C29H35N5O2. The Morgan fingerprint density at radius 2 is 1.86 bits per heavy atom. The summed E-state index contributed by atoms with van der Waals surface area (Å²) in [4.78, 5) is 27.3. The van der Waals surface area contributed by atoms with E-state index in [0.29, 0.717) is 24.9 Å². The fraction of sp³-hybridized carbons (Fsp3) is 0.483. The molecule has 0 aliphatic carbocycles. The van der Waals surface area contributed by atoms with Gasteiger partial charge in [0, 0.05) is 30.2 Å². The highest BCUT2D eigenvalue weighted by molar-refractivity contribution is 5.97. The van der Waals surface area contributed by atoms with Gasteiger partial charge >= 0.3 is 6.01 Å². The first kappa shape index (κ1) is 23.2. The van der Waals surface area contributed by atoms with Crippen molar-refractivity contribution in [1.82, 2.24) is 20.2 Å². The lowest BCUT2D eigenvalue weighted by molar-refractivity contribution is 0.0946. The van der Waals surface area contributed by atoms with Gasteiger partial charge in [-0.2, -0.15) is 9.97 Å². The number of ether oxygens (including phenoxy) is 1. The van der Waals surface area contributed by atoms with Crippen molar-refractivity contribution in [2.45, 2.75) is 57.5 Å². The van der Waals surface area contributed by atoms with E-state index < -0.39 is 0 Å². The number of benzene rings is 2. The Morgan fingerprint density at radius 3 is 2.61 bits per heavy atom. The standard InChI is InChI=1S/C29H35N5O2/c1-3-20-8-4-9-21-10-5-11-24(25(20)21)33-17-12-22-23(18-33)31-28(32-26(22)27(35)30-2)36-19-29-13-6-15-34(29)16-7-14-29/h4-5,8-11H,3,6-7,12-19H2,1-2H3,(H,30,35). The van der Waals surface area contributed by atoms with Crippen molar-refractivity contribution >= 4 is 22.4 Å². The van der Waals surface area contributed by atoms with Crippen LogP contribution in [0.2, 0.25) is 0 Å². The predicted molar refractivity (Wildman–Crippen MR) is 142 cm³/mol. The summed E-state index contributed by atoms with van der Waals surface area (Å²) in [5.41, 5.74) is 4.97. The first-order chi connectivity index (χ1) is 17.6. The molecule has 3 aliphatic heterocycles. The highest BCUT2D eigenvalue weighted by Crippen LogP contribution is 2.39. The third kappa shape index (κ3) is 3.90. The van der Waals surface area contributed by atoms with E-state index in [1.165, 1.54) is 34.9 Å². The van der Waals surface area contributed by atoms with Gasteiger partial charge in [-0.3, -0.25) is 9.69 Å². The van der Waals surface area contributed by atoms with Crippen LogP contribution in [0.4, 0.5) is 5.69 Å². The zero-order valence-electron chi connectivity index (χ0n) is 21.3. The third-order valence-electron chi connectivity index (χ3n) is 8.46. The molecule has 1 amide bonds. The van der Waals surface area contributed by atoms with Gasteiger partial charge in [-0.1, -0.05) is 37.3 Å². The quantitative estimate of drug-likeness (QED) is 0.566. The lowest BCUT2D eigenvalue weighted by atomic mass is 9.95. The topological polar surface area (TPSA) is 70.6 Å². The molecule has 0 atom stereocenters. The van der Waals surface area contributed by atoms with E-state index in [-0.39, 0.29) is 11.4 Å². The molecule has 3 aliphatic rings. The second kappa shape index (κ2) is 9.36. The maximum absolute atomic E-state index is 12.8. The van der Waals surface area contributed by atoms with Crippen molar-refractivity contribution in [1.29, 1.82) is 0 Å². The number of carbonyl (C=O) groups is 1. The van der Waals surface area contributed by atoms with E-state index in [0.717, 1.165) is 56.6 Å². The summed E-state index contributed by atoms with van der Waals surface area (Å²) in [6.07, 6.45) is 6.47. The molecule has 2 fully saturated rings. The summed E-state index contributed by atoms with van der Waals surface area (Å²) in [5.74, 6) is -0.174. The summed E-state index contributed by atoms with van der Waals surface area (Å²) >= 11 is 0. The number of rotatable bonds is 6. The Morgan fingerprint density at radius 1 is 1.08 bits per heavy atom. The van der Waals surface area contributed by atoms with E-state index in [1.807, 2.05) is 0 Å². The SMILES string of the molecule is CCc1cccc2cccc(N3CCc4c(nc(OCC56CCCN5CCC6)nc4C(=O)NC)C3)c12. The van der Waals surface area contributed by atoms with Gasteiger partial charge < -0.3 is 15.0 Å². The van der Waals surface area contributed by atoms with Crippen LogP contribution in [-0.2, 0) is 19.4 Å². The summed E-state index contributed by atoms with van der Waals surface area (Å²) in [6.45, 7) is 6.54. The minimum Gasteiger partial charge on any atom is -0.461 e.